The Bertz CT molecular complexity index is 1900. The number of rotatable bonds is 48. The summed E-state index contributed by atoms with van der Waals surface area (Å²) >= 11 is 0. The Morgan fingerprint density at radius 2 is 0.453 bits per heavy atom. The lowest BCUT2D eigenvalue weighted by Gasteiger charge is -2.18. The van der Waals surface area contributed by atoms with Gasteiger partial charge >= 0.3 is 17.9 Å². The molecular weight excluding hydrogens is 925 g/mol. The molecule has 0 radical (unpaired) electrons. The maximum Gasteiger partial charge on any atom is 0.306 e. The molecule has 75 heavy (non-hydrogen) atoms. The van der Waals surface area contributed by atoms with Gasteiger partial charge in [0, 0.05) is 19.3 Å². The summed E-state index contributed by atoms with van der Waals surface area (Å²) in [5, 5.41) is 0. The molecule has 0 spiro atoms. The Labute approximate surface area is 458 Å². The third-order valence-electron chi connectivity index (χ3n) is 10.8. The molecule has 412 valence electrons. The smallest absolute Gasteiger partial charge is 0.306 e. The fraction of sp³-hybridized carbons (Fsp3) is 0.464. The molecule has 1 unspecified atom stereocenters. The van der Waals surface area contributed by atoms with Gasteiger partial charge in [0.2, 0.25) is 0 Å². The minimum atomic E-state index is -0.869. The highest BCUT2D eigenvalue weighted by Gasteiger charge is 2.19. The van der Waals surface area contributed by atoms with Crippen molar-refractivity contribution in [3.63, 3.8) is 0 Å². The van der Waals surface area contributed by atoms with Crippen LogP contribution in [0, 0.1) is 0 Å². The highest BCUT2D eigenvalue weighted by molar-refractivity contribution is 5.71. The Hall–Kier alpha value is -6.01. The van der Waals surface area contributed by atoms with Crippen LogP contribution >= 0.6 is 0 Å². The average Bonchev–Trinajstić information content (AvgIpc) is 3.41. The molecule has 0 saturated heterocycles. The van der Waals surface area contributed by atoms with E-state index in [1.807, 2.05) is 0 Å². The van der Waals surface area contributed by atoms with Crippen molar-refractivity contribution in [2.75, 3.05) is 13.2 Å². The summed E-state index contributed by atoms with van der Waals surface area (Å²) in [4.78, 5) is 38.1. The molecule has 0 aromatic carbocycles. The number of carbonyl (C=O) groups is 3. The molecule has 0 aliphatic heterocycles. The van der Waals surface area contributed by atoms with E-state index in [0.717, 1.165) is 128 Å². The molecule has 0 N–H and O–H groups in total. The lowest BCUT2D eigenvalue weighted by molar-refractivity contribution is -0.166. The van der Waals surface area contributed by atoms with E-state index in [1.165, 1.54) is 0 Å². The summed E-state index contributed by atoms with van der Waals surface area (Å²) < 4.78 is 16.7. The van der Waals surface area contributed by atoms with Gasteiger partial charge in [0.25, 0.3) is 0 Å². The molecule has 0 aromatic heterocycles. The van der Waals surface area contributed by atoms with Gasteiger partial charge in [-0.25, -0.2) is 0 Å². The highest BCUT2D eigenvalue weighted by atomic mass is 16.6. The predicted octanol–water partition coefficient (Wildman–Crippen LogP) is 19.6. The Morgan fingerprint density at radius 3 is 0.667 bits per heavy atom. The van der Waals surface area contributed by atoms with Gasteiger partial charge in [0.15, 0.2) is 6.10 Å². The standard InChI is InChI=1S/C69H100O6/c1-4-7-10-13-16-19-22-25-28-31-32-33-34-35-36-39-41-44-47-50-53-56-59-62-68(71)74-65-66(75-69(72)63-60-57-54-51-48-45-42-38-30-27-24-21-18-15-12-9-6-3)64-73-67(70)61-58-55-52-49-46-43-40-37-29-26-23-20-17-14-11-8-5-2/h7-12,16-21,25-30,32-33,35-36,40-45,49-54,66H,4-6,13-15,22-24,31,34,37-39,46-48,55-65H2,1-3H3/b10-7-,11-8-,12-9-,19-16-,20-17-,21-18-,28-25-,29-26-,30-27-,33-32-,36-35-,43-40-,44-41-,45-42-,52-49-,53-50-,54-51-. The fourth-order valence-electron chi connectivity index (χ4n) is 6.62. The largest absolute Gasteiger partial charge is 0.462 e. The van der Waals surface area contributed by atoms with Crippen LogP contribution in [0.25, 0.3) is 0 Å². The fourth-order valence-corrected chi connectivity index (χ4v) is 6.62. The molecule has 0 saturated carbocycles. The van der Waals surface area contributed by atoms with Crippen LogP contribution in [0.2, 0.25) is 0 Å². The zero-order valence-electron chi connectivity index (χ0n) is 47.0. The van der Waals surface area contributed by atoms with E-state index in [0.29, 0.717) is 19.3 Å². The third-order valence-corrected chi connectivity index (χ3v) is 10.8. The van der Waals surface area contributed by atoms with E-state index in [1.54, 1.807) is 0 Å². The van der Waals surface area contributed by atoms with E-state index in [2.05, 4.69) is 227 Å². The number of esters is 3. The van der Waals surface area contributed by atoms with Crippen LogP contribution in [-0.4, -0.2) is 37.2 Å². The van der Waals surface area contributed by atoms with Crippen LogP contribution in [-0.2, 0) is 28.6 Å². The van der Waals surface area contributed by atoms with Gasteiger partial charge in [-0.05, 0) is 148 Å². The van der Waals surface area contributed by atoms with Crippen LogP contribution in [0.1, 0.15) is 188 Å². The summed E-state index contributed by atoms with van der Waals surface area (Å²) in [6.07, 6.45) is 94.0. The van der Waals surface area contributed by atoms with E-state index in [9.17, 15) is 14.4 Å². The molecule has 0 bridgehead atoms. The van der Waals surface area contributed by atoms with Gasteiger partial charge in [-0.1, -0.05) is 227 Å². The lowest BCUT2D eigenvalue weighted by Crippen LogP contribution is -2.30. The van der Waals surface area contributed by atoms with Crippen molar-refractivity contribution in [1.29, 1.82) is 0 Å². The molecule has 0 amide bonds. The topological polar surface area (TPSA) is 78.9 Å². The number of allylic oxidation sites excluding steroid dienone is 34. The van der Waals surface area contributed by atoms with Gasteiger partial charge < -0.3 is 14.2 Å². The molecule has 1 atom stereocenters. The predicted molar refractivity (Wildman–Crippen MR) is 324 cm³/mol. The Balaban J connectivity index is 4.70. The first-order valence-corrected chi connectivity index (χ1v) is 28.6. The van der Waals surface area contributed by atoms with Gasteiger partial charge in [-0.2, -0.15) is 0 Å². The van der Waals surface area contributed by atoms with Gasteiger partial charge in [0.05, 0.1) is 0 Å². The van der Waals surface area contributed by atoms with Crippen molar-refractivity contribution in [1.82, 2.24) is 0 Å². The van der Waals surface area contributed by atoms with Gasteiger partial charge in [-0.15, -0.1) is 0 Å². The van der Waals surface area contributed by atoms with Crippen molar-refractivity contribution in [3.05, 3.63) is 207 Å². The van der Waals surface area contributed by atoms with Crippen molar-refractivity contribution < 1.29 is 28.6 Å². The SMILES string of the molecule is CC/C=C\C/C=C\C/C=C\C/C=C\C/C=C\C/C=C\C/C=C\CCCC(=O)OCC(COC(=O)CCC/C=C\C/C=C\C/C=C\C/C=C\C/C=C\CC)OC(=O)CCC/C=C\C/C=C\C/C=C\C/C=C\C/C=C\CC. The van der Waals surface area contributed by atoms with Crippen LogP contribution in [0.3, 0.4) is 0 Å². The number of hydrogen-bond donors (Lipinski definition) is 0. The van der Waals surface area contributed by atoms with Crippen molar-refractivity contribution in [3.8, 4) is 0 Å². The maximum absolute atomic E-state index is 12.8. The van der Waals surface area contributed by atoms with Crippen LogP contribution < -0.4 is 0 Å². The van der Waals surface area contributed by atoms with Gasteiger partial charge in [-0.3, -0.25) is 14.4 Å². The minimum Gasteiger partial charge on any atom is -0.462 e. The average molecular weight is 1030 g/mol. The van der Waals surface area contributed by atoms with Crippen LogP contribution in [0.5, 0.6) is 0 Å². The second-order valence-electron chi connectivity index (χ2n) is 17.7. The minimum absolute atomic E-state index is 0.161. The number of unbranched alkanes of at least 4 members (excludes halogenated alkanes) is 3. The normalized spacial score (nSPS) is 13.7. The molecule has 0 aromatic rings. The first-order chi connectivity index (χ1) is 37.0. The maximum atomic E-state index is 12.8. The van der Waals surface area contributed by atoms with E-state index < -0.39 is 12.1 Å². The molecular formula is C69H100O6. The highest BCUT2D eigenvalue weighted by Crippen LogP contribution is 2.09. The van der Waals surface area contributed by atoms with Crippen LogP contribution in [0.4, 0.5) is 0 Å². The molecule has 0 rings (SSSR count). The summed E-state index contributed by atoms with van der Waals surface area (Å²) in [7, 11) is 0. The van der Waals surface area contributed by atoms with Crippen molar-refractivity contribution in [2.45, 2.75) is 194 Å². The number of carbonyl (C=O) groups excluding carboxylic acids is 3. The summed E-state index contributed by atoms with van der Waals surface area (Å²) in [6.45, 7) is 6.12. The summed E-state index contributed by atoms with van der Waals surface area (Å²) in [6, 6.07) is 0. The van der Waals surface area contributed by atoms with E-state index in [4.69, 9.17) is 14.2 Å². The first kappa shape index (κ1) is 69.0. The van der Waals surface area contributed by atoms with E-state index >= 15 is 0 Å². The monoisotopic (exact) mass is 1020 g/mol. The second kappa shape index (κ2) is 60.5. The first-order valence-electron chi connectivity index (χ1n) is 28.6. The van der Waals surface area contributed by atoms with Crippen molar-refractivity contribution >= 4 is 17.9 Å². The van der Waals surface area contributed by atoms with Crippen molar-refractivity contribution in [2.24, 2.45) is 0 Å². The molecule has 0 aliphatic rings. The molecule has 0 fully saturated rings. The third kappa shape index (κ3) is 58.7. The van der Waals surface area contributed by atoms with E-state index in [-0.39, 0.29) is 44.4 Å². The van der Waals surface area contributed by atoms with Gasteiger partial charge in [0.1, 0.15) is 13.2 Å². The zero-order valence-corrected chi connectivity index (χ0v) is 47.0. The Kier molecular flexibility index (Phi) is 55.7. The molecule has 6 heteroatoms. The Morgan fingerprint density at radius 1 is 0.267 bits per heavy atom. The lowest BCUT2D eigenvalue weighted by atomic mass is 10.2. The number of hydrogen-bond acceptors (Lipinski definition) is 6. The molecule has 0 aliphatic carbocycles. The quantitative estimate of drug-likeness (QED) is 0.0261. The number of ether oxygens (including phenoxy) is 3. The molecule has 6 nitrogen and oxygen atoms in total. The zero-order chi connectivity index (χ0) is 54.3. The summed E-state index contributed by atoms with van der Waals surface area (Å²) in [5.41, 5.74) is 0. The second-order valence-corrected chi connectivity index (χ2v) is 17.7. The molecule has 0 heterocycles. The summed E-state index contributed by atoms with van der Waals surface area (Å²) in [5.74, 6) is -1.15. The van der Waals surface area contributed by atoms with Crippen LogP contribution in [0.15, 0.2) is 207 Å².